The number of benzene rings is 1. The molecule has 3 aliphatic rings. The molecule has 9 heteroatoms. The highest BCUT2D eigenvalue weighted by Gasteiger charge is 2.42. The SMILES string of the molecule is C#CCCC1(CCNC(=O)C2CSC(C3CSC(c4ccccc4O)=N3)N2C)N=N1. The van der Waals surface area contributed by atoms with Crippen molar-refractivity contribution in [3.8, 4) is 18.1 Å². The lowest BCUT2D eigenvalue weighted by molar-refractivity contribution is -0.125. The Morgan fingerprint density at radius 2 is 2.17 bits per heavy atom. The number of phenols is 1. The monoisotopic (exact) mass is 443 g/mol. The Balaban J connectivity index is 1.30. The molecule has 3 aliphatic heterocycles. The first-order valence-electron chi connectivity index (χ1n) is 10.0. The average Bonchev–Trinajstić information content (AvgIpc) is 3.15. The van der Waals surface area contributed by atoms with Crippen molar-refractivity contribution in [2.75, 3.05) is 25.1 Å². The fourth-order valence-corrected chi connectivity index (χ4v) is 6.53. The van der Waals surface area contributed by atoms with Crippen molar-refractivity contribution in [3.05, 3.63) is 29.8 Å². The first-order chi connectivity index (χ1) is 14.5. The minimum atomic E-state index is -0.367. The molecule has 0 saturated carbocycles. The van der Waals surface area contributed by atoms with Crippen LogP contribution in [0.15, 0.2) is 39.5 Å². The number of aliphatic imine (C=N–C) groups is 1. The Morgan fingerprint density at radius 1 is 1.37 bits per heavy atom. The summed E-state index contributed by atoms with van der Waals surface area (Å²) in [5.74, 6) is 4.50. The minimum Gasteiger partial charge on any atom is -0.507 e. The zero-order valence-corrected chi connectivity index (χ0v) is 18.5. The van der Waals surface area contributed by atoms with Crippen molar-refractivity contribution in [1.82, 2.24) is 10.2 Å². The van der Waals surface area contributed by atoms with Crippen molar-refractivity contribution < 1.29 is 9.90 Å². The van der Waals surface area contributed by atoms with Crippen LogP contribution in [0.25, 0.3) is 0 Å². The molecule has 3 atom stereocenters. The lowest BCUT2D eigenvalue weighted by Crippen LogP contribution is -2.47. The maximum absolute atomic E-state index is 12.7. The molecule has 1 aromatic carbocycles. The number of nitrogens with one attached hydrogen (secondary N) is 1. The molecule has 0 spiro atoms. The fraction of sp³-hybridized carbons (Fsp3) is 0.524. The zero-order chi connectivity index (χ0) is 21.1. The van der Waals surface area contributed by atoms with Crippen molar-refractivity contribution in [2.24, 2.45) is 15.2 Å². The third-order valence-corrected chi connectivity index (χ3v) is 8.24. The molecule has 7 nitrogen and oxygen atoms in total. The summed E-state index contributed by atoms with van der Waals surface area (Å²) in [6.45, 7) is 0.547. The Bertz CT molecular complexity index is 907. The van der Waals surface area contributed by atoms with Gasteiger partial charge in [-0.25, -0.2) is 0 Å². The first-order valence-corrected chi connectivity index (χ1v) is 12.0. The number of hydrogen-bond donors (Lipinski definition) is 2. The fourth-order valence-electron chi connectivity index (χ4n) is 3.75. The first kappa shape index (κ1) is 21.2. The molecule has 0 aromatic heterocycles. The number of carbonyl (C=O) groups excluding carboxylic acids is 1. The maximum Gasteiger partial charge on any atom is 0.238 e. The maximum atomic E-state index is 12.7. The number of amides is 1. The number of likely N-dealkylation sites (N-methyl/N-ethyl adjacent to an activating group) is 1. The molecule has 3 unspecified atom stereocenters. The summed E-state index contributed by atoms with van der Waals surface area (Å²) < 4.78 is 0. The van der Waals surface area contributed by atoms with Crippen LogP contribution in [-0.4, -0.2) is 69.2 Å². The largest absolute Gasteiger partial charge is 0.507 e. The van der Waals surface area contributed by atoms with Gasteiger partial charge in [-0.2, -0.15) is 10.2 Å². The summed E-state index contributed by atoms with van der Waals surface area (Å²) in [4.78, 5) is 19.7. The highest BCUT2D eigenvalue weighted by molar-refractivity contribution is 8.14. The van der Waals surface area contributed by atoms with Crippen LogP contribution in [0.3, 0.4) is 0 Å². The van der Waals surface area contributed by atoms with Crippen molar-refractivity contribution in [1.29, 1.82) is 0 Å². The third-order valence-electron chi connectivity index (χ3n) is 5.64. The van der Waals surface area contributed by atoms with Crippen LogP contribution in [0.1, 0.15) is 24.8 Å². The number of phenolic OH excluding ortho intramolecular Hbond substituents is 1. The van der Waals surface area contributed by atoms with Crippen LogP contribution >= 0.6 is 23.5 Å². The van der Waals surface area contributed by atoms with Gasteiger partial charge in [0.25, 0.3) is 0 Å². The highest BCUT2D eigenvalue weighted by atomic mass is 32.2. The molecule has 3 heterocycles. The van der Waals surface area contributed by atoms with E-state index < -0.39 is 0 Å². The van der Waals surface area contributed by atoms with Gasteiger partial charge in [-0.05, 0) is 19.2 Å². The van der Waals surface area contributed by atoms with E-state index in [-0.39, 0.29) is 34.8 Å². The van der Waals surface area contributed by atoms with Crippen LogP contribution in [0.4, 0.5) is 0 Å². The van der Waals surface area contributed by atoms with E-state index in [1.165, 1.54) is 0 Å². The molecule has 1 saturated heterocycles. The van der Waals surface area contributed by atoms with E-state index in [1.807, 2.05) is 25.2 Å². The summed E-state index contributed by atoms with van der Waals surface area (Å²) in [5, 5.41) is 22.4. The molecule has 4 rings (SSSR count). The van der Waals surface area contributed by atoms with E-state index >= 15 is 0 Å². The summed E-state index contributed by atoms with van der Waals surface area (Å²) in [7, 11) is 1.99. The van der Waals surface area contributed by atoms with E-state index in [1.54, 1.807) is 29.6 Å². The van der Waals surface area contributed by atoms with Crippen molar-refractivity contribution in [2.45, 2.75) is 42.4 Å². The van der Waals surface area contributed by atoms with Gasteiger partial charge in [-0.1, -0.05) is 12.1 Å². The van der Waals surface area contributed by atoms with Gasteiger partial charge in [0.15, 0.2) is 5.66 Å². The van der Waals surface area contributed by atoms with Crippen LogP contribution in [0.2, 0.25) is 0 Å². The normalized spacial score (nSPS) is 26.9. The molecule has 0 aliphatic carbocycles. The second-order valence-corrected chi connectivity index (χ2v) is 9.82. The van der Waals surface area contributed by atoms with Gasteiger partial charge in [-0.3, -0.25) is 14.7 Å². The van der Waals surface area contributed by atoms with Gasteiger partial charge in [0, 0.05) is 42.9 Å². The quantitative estimate of drug-likeness (QED) is 0.603. The molecule has 30 heavy (non-hydrogen) atoms. The molecular formula is C21H25N5O2S2. The summed E-state index contributed by atoms with van der Waals surface area (Å²) >= 11 is 3.43. The molecule has 158 valence electrons. The van der Waals surface area contributed by atoms with Gasteiger partial charge < -0.3 is 10.4 Å². The standard InChI is InChI=1S/C21H25N5O2S2/c1-3-4-9-21(24-25-21)10-11-22-18(28)16-13-30-20(26(16)2)15-12-29-19(23-15)14-7-5-6-8-17(14)27/h1,5-8,15-16,20,27H,4,9-13H2,2H3,(H,22,28). The Kier molecular flexibility index (Phi) is 6.37. The summed E-state index contributed by atoms with van der Waals surface area (Å²) in [6, 6.07) is 7.20. The predicted molar refractivity (Wildman–Crippen MR) is 122 cm³/mol. The summed E-state index contributed by atoms with van der Waals surface area (Å²) in [6.07, 6.45) is 7.41. The van der Waals surface area contributed by atoms with Gasteiger partial charge in [-0.15, -0.1) is 35.9 Å². The van der Waals surface area contributed by atoms with E-state index in [0.29, 0.717) is 19.4 Å². The van der Waals surface area contributed by atoms with Gasteiger partial charge >= 0.3 is 0 Å². The Hall–Kier alpha value is -2.02. The lowest BCUT2D eigenvalue weighted by atomic mass is 10.0. The van der Waals surface area contributed by atoms with Crippen LogP contribution in [0.5, 0.6) is 5.75 Å². The number of nitrogens with zero attached hydrogens (tertiary/aromatic N) is 4. The summed E-state index contributed by atoms with van der Waals surface area (Å²) in [5.41, 5.74) is 0.410. The lowest BCUT2D eigenvalue weighted by Gasteiger charge is -2.26. The van der Waals surface area contributed by atoms with Crippen LogP contribution < -0.4 is 5.32 Å². The number of hydrogen-bond acceptors (Lipinski definition) is 8. The molecule has 1 aromatic rings. The van der Waals surface area contributed by atoms with Crippen molar-refractivity contribution in [3.63, 3.8) is 0 Å². The second kappa shape index (κ2) is 9.00. The number of thioether (sulfide) groups is 2. The van der Waals surface area contributed by atoms with Gasteiger partial charge in [0.1, 0.15) is 10.8 Å². The number of para-hydroxylation sites is 1. The van der Waals surface area contributed by atoms with E-state index in [4.69, 9.17) is 11.4 Å². The molecule has 1 amide bonds. The molecule has 0 radical (unpaired) electrons. The van der Waals surface area contributed by atoms with E-state index in [0.717, 1.165) is 28.5 Å². The number of terminal acetylenes is 1. The zero-order valence-electron chi connectivity index (χ0n) is 16.8. The minimum absolute atomic E-state index is 0.0378. The number of rotatable bonds is 8. The van der Waals surface area contributed by atoms with Gasteiger partial charge in [0.05, 0.1) is 17.5 Å². The molecule has 1 fully saturated rings. The number of aromatic hydroxyl groups is 1. The topological polar surface area (TPSA) is 89.6 Å². The number of carbonyl (C=O) groups is 1. The van der Waals surface area contributed by atoms with Crippen molar-refractivity contribution >= 4 is 34.5 Å². The average molecular weight is 444 g/mol. The second-order valence-electron chi connectivity index (χ2n) is 7.66. The molecule has 2 N–H and O–H groups in total. The Labute approximate surface area is 185 Å². The highest BCUT2D eigenvalue weighted by Crippen LogP contribution is 2.38. The smallest absolute Gasteiger partial charge is 0.238 e. The van der Waals surface area contributed by atoms with Crippen LogP contribution in [-0.2, 0) is 4.79 Å². The molecule has 0 bridgehead atoms. The Morgan fingerprint density at radius 3 is 2.90 bits per heavy atom. The predicted octanol–water partition coefficient (Wildman–Crippen LogP) is 2.71. The van der Waals surface area contributed by atoms with Gasteiger partial charge in [0.2, 0.25) is 5.91 Å². The third kappa shape index (κ3) is 4.51. The van der Waals surface area contributed by atoms with E-state index in [9.17, 15) is 9.90 Å². The molecular weight excluding hydrogens is 418 g/mol. The van der Waals surface area contributed by atoms with E-state index in [2.05, 4.69) is 26.4 Å². The van der Waals surface area contributed by atoms with Crippen LogP contribution in [0, 0.1) is 12.3 Å².